The van der Waals surface area contributed by atoms with Crippen molar-refractivity contribution in [3.05, 3.63) is 29.8 Å². The molecule has 0 aliphatic carbocycles. The minimum atomic E-state index is -0.136. The Labute approximate surface area is 135 Å². The van der Waals surface area contributed by atoms with Gasteiger partial charge in [0.15, 0.2) is 0 Å². The Kier molecular flexibility index (Phi) is 6.58. The Morgan fingerprint density at radius 2 is 2.00 bits per heavy atom. The van der Waals surface area contributed by atoms with E-state index in [0.717, 1.165) is 17.8 Å². The Morgan fingerprint density at radius 3 is 2.73 bits per heavy atom. The van der Waals surface area contributed by atoms with E-state index in [1.54, 1.807) is 0 Å². The van der Waals surface area contributed by atoms with Crippen molar-refractivity contribution >= 4 is 29.4 Å². The van der Waals surface area contributed by atoms with E-state index in [4.69, 9.17) is 0 Å². The zero-order valence-corrected chi connectivity index (χ0v) is 13.7. The highest BCUT2D eigenvalue weighted by Crippen LogP contribution is 2.21. The summed E-state index contributed by atoms with van der Waals surface area (Å²) >= 11 is 1.99. The van der Waals surface area contributed by atoms with Crippen LogP contribution in [0, 0.1) is 5.92 Å². The first-order valence-electron chi connectivity index (χ1n) is 7.59. The molecule has 3 amide bonds. The molecule has 3 N–H and O–H groups in total. The molecule has 1 aromatic carbocycles. The van der Waals surface area contributed by atoms with Crippen LogP contribution >= 0.6 is 11.8 Å². The first kappa shape index (κ1) is 16.7. The zero-order chi connectivity index (χ0) is 15.8. The fraction of sp³-hybridized carbons (Fsp3) is 0.500. The Bertz CT molecular complexity index is 516. The van der Waals surface area contributed by atoms with Gasteiger partial charge in [-0.3, -0.25) is 4.79 Å². The van der Waals surface area contributed by atoms with Crippen molar-refractivity contribution < 1.29 is 9.59 Å². The lowest BCUT2D eigenvalue weighted by Crippen LogP contribution is -2.38. The molecule has 0 atom stereocenters. The van der Waals surface area contributed by atoms with Crippen LogP contribution in [0.25, 0.3) is 0 Å². The Balaban J connectivity index is 1.72. The van der Waals surface area contributed by atoms with Crippen LogP contribution in [0.15, 0.2) is 24.3 Å². The van der Waals surface area contributed by atoms with Crippen molar-refractivity contribution in [2.24, 2.45) is 5.92 Å². The van der Waals surface area contributed by atoms with Crippen LogP contribution in [0.1, 0.15) is 25.3 Å². The summed E-state index contributed by atoms with van der Waals surface area (Å²) in [7, 11) is 0. The molecule has 5 nitrogen and oxygen atoms in total. The normalized spacial score (nSPS) is 15.1. The number of carbonyl (C=O) groups excluding carboxylic acids is 2. The van der Waals surface area contributed by atoms with Crippen LogP contribution in [-0.4, -0.2) is 30.0 Å². The maximum atomic E-state index is 11.8. The van der Waals surface area contributed by atoms with Gasteiger partial charge in [-0.1, -0.05) is 12.1 Å². The quantitative estimate of drug-likeness (QED) is 0.780. The molecule has 1 aromatic rings. The maximum absolute atomic E-state index is 11.8. The van der Waals surface area contributed by atoms with Crippen molar-refractivity contribution in [1.82, 2.24) is 10.6 Å². The van der Waals surface area contributed by atoms with Crippen molar-refractivity contribution in [3.8, 4) is 0 Å². The molecule has 1 aliphatic heterocycles. The average Bonchev–Trinajstić information content (AvgIpc) is 2.52. The van der Waals surface area contributed by atoms with Gasteiger partial charge in [0.2, 0.25) is 5.91 Å². The predicted molar refractivity (Wildman–Crippen MR) is 91.0 cm³/mol. The van der Waals surface area contributed by atoms with Gasteiger partial charge in [-0.2, -0.15) is 11.8 Å². The van der Waals surface area contributed by atoms with E-state index in [1.807, 2.05) is 36.0 Å². The number of anilines is 1. The second-order valence-corrected chi connectivity index (χ2v) is 6.73. The molecule has 120 valence electrons. The topological polar surface area (TPSA) is 70.2 Å². The largest absolute Gasteiger partial charge is 0.338 e. The van der Waals surface area contributed by atoms with Gasteiger partial charge in [-0.15, -0.1) is 0 Å². The van der Waals surface area contributed by atoms with Gasteiger partial charge in [0.05, 0.1) is 0 Å². The van der Waals surface area contributed by atoms with E-state index in [1.165, 1.54) is 31.3 Å². The van der Waals surface area contributed by atoms with Gasteiger partial charge in [0, 0.05) is 25.7 Å². The number of rotatable bonds is 5. The minimum absolute atomic E-state index is 0.103. The summed E-state index contributed by atoms with van der Waals surface area (Å²) in [6, 6.07) is 7.33. The van der Waals surface area contributed by atoms with E-state index < -0.39 is 0 Å². The number of thioether (sulfide) groups is 1. The van der Waals surface area contributed by atoms with E-state index in [-0.39, 0.29) is 11.9 Å². The van der Waals surface area contributed by atoms with Crippen LogP contribution in [0.3, 0.4) is 0 Å². The van der Waals surface area contributed by atoms with Crippen LogP contribution in [0.2, 0.25) is 0 Å². The molecule has 0 bridgehead atoms. The van der Waals surface area contributed by atoms with Gasteiger partial charge in [-0.25, -0.2) is 4.79 Å². The summed E-state index contributed by atoms with van der Waals surface area (Å²) in [5, 5.41) is 8.52. The van der Waals surface area contributed by atoms with Crippen LogP contribution < -0.4 is 16.0 Å². The predicted octanol–water partition coefficient (Wildman–Crippen LogP) is 2.59. The van der Waals surface area contributed by atoms with E-state index in [9.17, 15) is 9.59 Å². The van der Waals surface area contributed by atoms with E-state index >= 15 is 0 Å². The summed E-state index contributed by atoms with van der Waals surface area (Å²) in [5.74, 6) is 2.90. The van der Waals surface area contributed by atoms with Gasteiger partial charge < -0.3 is 16.0 Å². The number of hydrogen-bond acceptors (Lipinski definition) is 3. The smallest absolute Gasteiger partial charge is 0.315 e. The molecular formula is C16H23N3O2S. The third-order valence-corrected chi connectivity index (χ3v) is 4.64. The molecule has 1 fully saturated rings. The molecule has 6 heteroatoms. The van der Waals surface area contributed by atoms with Gasteiger partial charge in [0.1, 0.15) is 0 Å². The number of hydrogen-bond donors (Lipinski definition) is 3. The molecule has 1 aliphatic rings. The van der Waals surface area contributed by atoms with Crippen LogP contribution in [0.4, 0.5) is 10.5 Å². The third kappa shape index (κ3) is 5.97. The summed E-state index contributed by atoms with van der Waals surface area (Å²) in [6.07, 6.45) is 2.37. The fourth-order valence-electron chi connectivity index (χ4n) is 2.39. The lowest BCUT2D eigenvalue weighted by molar-refractivity contribution is -0.114. The first-order chi connectivity index (χ1) is 10.6. The standard InChI is InChI=1S/C16H23N3O2S/c1-12(20)19-15-4-2-3-14(9-15)11-18-16(21)17-10-13-5-7-22-8-6-13/h2-4,9,13H,5-8,10-11H2,1H3,(H,19,20)(H2,17,18,21). The number of amides is 3. The Morgan fingerprint density at radius 1 is 1.23 bits per heavy atom. The van der Waals surface area contributed by atoms with Crippen LogP contribution in [-0.2, 0) is 11.3 Å². The summed E-state index contributed by atoms with van der Waals surface area (Å²) < 4.78 is 0. The highest BCUT2D eigenvalue weighted by molar-refractivity contribution is 7.99. The summed E-state index contributed by atoms with van der Waals surface area (Å²) in [4.78, 5) is 22.9. The number of urea groups is 1. The average molecular weight is 321 g/mol. The molecule has 2 rings (SSSR count). The summed E-state index contributed by atoms with van der Waals surface area (Å²) in [5.41, 5.74) is 1.70. The Hall–Kier alpha value is -1.69. The first-order valence-corrected chi connectivity index (χ1v) is 8.75. The highest BCUT2D eigenvalue weighted by Gasteiger charge is 2.14. The second-order valence-electron chi connectivity index (χ2n) is 5.50. The molecular weight excluding hydrogens is 298 g/mol. The molecule has 1 heterocycles. The fourth-order valence-corrected chi connectivity index (χ4v) is 3.60. The van der Waals surface area contributed by atoms with E-state index in [0.29, 0.717) is 12.5 Å². The van der Waals surface area contributed by atoms with Crippen molar-refractivity contribution in [2.75, 3.05) is 23.4 Å². The number of benzene rings is 1. The molecule has 22 heavy (non-hydrogen) atoms. The van der Waals surface area contributed by atoms with Crippen molar-refractivity contribution in [1.29, 1.82) is 0 Å². The lowest BCUT2D eigenvalue weighted by atomic mass is 10.0. The van der Waals surface area contributed by atoms with Gasteiger partial charge in [0.25, 0.3) is 0 Å². The number of carbonyl (C=O) groups is 2. The van der Waals surface area contributed by atoms with Crippen molar-refractivity contribution in [3.63, 3.8) is 0 Å². The van der Waals surface area contributed by atoms with E-state index in [2.05, 4.69) is 16.0 Å². The highest BCUT2D eigenvalue weighted by atomic mass is 32.2. The molecule has 0 saturated carbocycles. The van der Waals surface area contributed by atoms with Gasteiger partial charge in [-0.05, 0) is 48.0 Å². The SMILES string of the molecule is CC(=O)Nc1cccc(CNC(=O)NCC2CCSCC2)c1. The zero-order valence-electron chi connectivity index (χ0n) is 12.9. The molecule has 0 aromatic heterocycles. The monoisotopic (exact) mass is 321 g/mol. The summed E-state index contributed by atoms with van der Waals surface area (Å²) in [6.45, 7) is 2.67. The molecule has 1 saturated heterocycles. The maximum Gasteiger partial charge on any atom is 0.315 e. The van der Waals surface area contributed by atoms with Crippen LogP contribution in [0.5, 0.6) is 0 Å². The third-order valence-electron chi connectivity index (χ3n) is 3.59. The molecule has 0 radical (unpaired) electrons. The lowest BCUT2D eigenvalue weighted by Gasteiger charge is -2.21. The van der Waals surface area contributed by atoms with Gasteiger partial charge >= 0.3 is 6.03 Å². The second kappa shape index (κ2) is 8.68. The number of nitrogens with one attached hydrogen (secondary N) is 3. The van der Waals surface area contributed by atoms with Crippen molar-refractivity contribution in [2.45, 2.75) is 26.3 Å². The molecule has 0 spiro atoms. The minimum Gasteiger partial charge on any atom is -0.338 e. The molecule has 0 unspecified atom stereocenters.